The standard InChI is InChI=1S/C17H21BrN4O3/c1-10-5-11(18)6-22-12(10)19-13(21-22)17-7-16(8-17,9-24-17)20-14(23)25-15(2,3)4/h5-6H,7-9H2,1-4H3,(H,20,23). The molecule has 8 heteroatoms. The topological polar surface area (TPSA) is 77.8 Å². The van der Waals surface area contributed by atoms with E-state index < -0.39 is 17.3 Å². The van der Waals surface area contributed by atoms with Crippen LogP contribution >= 0.6 is 15.9 Å². The number of fused-ring (bicyclic) bond motifs is 2. The van der Waals surface area contributed by atoms with Gasteiger partial charge in [0.15, 0.2) is 11.5 Å². The van der Waals surface area contributed by atoms with Gasteiger partial charge in [-0.2, -0.15) is 0 Å². The number of hydrogen-bond donors (Lipinski definition) is 1. The molecule has 2 aliphatic heterocycles. The Labute approximate surface area is 154 Å². The van der Waals surface area contributed by atoms with Crippen molar-refractivity contribution < 1.29 is 14.3 Å². The first-order valence-electron chi connectivity index (χ1n) is 8.28. The quantitative estimate of drug-likeness (QED) is 0.825. The first kappa shape index (κ1) is 16.8. The van der Waals surface area contributed by atoms with E-state index in [0.29, 0.717) is 25.3 Å². The van der Waals surface area contributed by atoms with Crippen LogP contribution in [0.3, 0.4) is 0 Å². The summed E-state index contributed by atoms with van der Waals surface area (Å²) < 4.78 is 14.1. The Morgan fingerprint density at radius 3 is 2.84 bits per heavy atom. The predicted octanol–water partition coefficient (Wildman–Crippen LogP) is 3.08. The van der Waals surface area contributed by atoms with Gasteiger partial charge in [-0.05, 0) is 55.3 Å². The molecule has 2 saturated heterocycles. The second-order valence-corrected chi connectivity index (χ2v) is 9.00. The number of nitrogens with zero attached hydrogens (tertiary/aromatic N) is 3. The minimum Gasteiger partial charge on any atom is -0.444 e. The summed E-state index contributed by atoms with van der Waals surface area (Å²) in [6.45, 7) is 8.00. The molecule has 0 spiro atoms. The Morgan fingerprint density at radius 2 is 2.16 bits per heavy atom. The maximum atomic E-state index is 12.1. The molecule has 134 valence electrons. The van der Waals surface area contributed by atoms with Crippen LogP contribution in [-0.2, 0) is 15.1 Å². The molecule has 3 fully saturated rings. The number of pyridine rings is 1. The zero-order chi connectivity index (χ0) is 18.0. The van der Waals surface area contributed by atoms with Crippen molar-refractivity contribution >= 4 is 27.7 Å². The molecule has 1 N–H and O–H groups in total. The molecule has 4 heterocycles. The van der Waals surface area contributed by atoms with Gasteiger partial charge in [-0.15, -0.1) is 5.10 Å². The summed E-state index contributed by atoms with van der Waals surface area (Å²) >= 11 is 3.48. The summed E-state index contributed by atoms with van der Waals surface area (Å²) in [5.41, 5.74) is 0.450. The smallest absolute Gasteiger partial charge is 0.408 e. The summed E-state index contributed by atoms with van der Waals surface area (Å²) in [6.07, 6.45) is 2.80. The summed E-state index contributed by atoms with van der Waals surface area (Å²) in [7, 11) is 0. The third kappa shape index (κ3) is 2.81. The molecular weight excluding hydrogens is 388 g/mol. The third-order valence-corrected chi connectivity index (χ3v) is 5.06. The van der Waals surface area contributed by atoms with Gasteiger partial charge in [-0.3, -0.25) is 0 Å². The van der Waals surface area contributed by atoms with E-state index in [9.17, 15) is 4.79 Å². The van der Waals surface area contributed by atoms with Crippen molar-refractivity contribution in [3.05, 3.63) is 28.1 Å². The van der Waals surface area contributed by atoms with Crippen LogP contribution in [0.4, 0.5) is 4.79 Å². The fraction of sp³-hybridized carbons (Fsp3) is 0.588. The molecule has 2 aromatic rings. The van der Waals surface area contributed by atoms with Crippen LogP contribution in [-0.4, -0.2) is 38.4 Å². The number of hydrogen-bond acceptors (Lipinski definition) is 5. The molecule has 25 heavy (non-hydrogen) atoms. The van der Waals surface area contributed by atoms with Gasteiger partial charge >= 0.3 is 6.09 Å². The maximum absolute atomic E-state index is 12.1. The second-order valence-electron chi connectivity index (χ2n) is 8.09. The van der Waals surface area contributed by atoms with Crippen molar-refractivity contribution in [3.63, 3.8) is 0 Å². The molecule has 2 bridgehead atoms. The van der Waals surface area contributed by atoms with E-state index in [2.05, 4.69) is 31.3 Å². The van der Waals surface area contributed by atoms with Gasteiger partial charge in [0.1, 0.15) is 11.2 Å². The number of nitrogens with one attached hydrogen (secondary N) is 1. The molecule has 0 radical (unpaired) electrons. The van der Waals surface area contributed by atoms with E-state index in [4.69, 9.17) is 9.47 Å². The van der Waals surface area contributed by atoms with Crippen molar-refractivity contribution in [2.24, 2.45) is 0 Å². The highest BCUT2D eigenvalue weighted by molar-refractivity contribution is 9.10. The van der Waals surface area contributed by atoms with E-state index in [1.807, 2.05) is 40.0 Å². The van der Waals surface area contributed by atoms with Gasteiger partial charge in [0.25, 0.3) is 0 Å². The molecular formula is C17H21BrN4O3. The van der Waals surface area contributed by atoms with Gasteiger partial charge < -0.3 is 14.8 Å². The van der Waals surface area contributed by atoms with Crippen molar-refractivity contribution in [2.75, 3.05) is 6.61 Å². The van der Waals surface area contributed by atoms with Gasteiger partial charge in [0, 0.05) is 23.5 Å². The Balaban J connectivity index is 1.53. The lowest BCUT2D eigenvalue weighted by Crippen LogP contribution is -2.59. The molecule has 0 atom stereocenters. The lowest BCUT2D eigenvalue weighted by atomic mass is 9.68. The van der Waals surface area contributed by atoms with Crippen LogP contribution in [0.15, 0.2) is 16.7 Å². The Morgan fingerprint density at radius 1 is 1.44 bits per heavy atom. The van der Waals surface area contributed by atoms with E-state index in [0.717, 1.165) is 15.7 Å². The highest BCUT2D eigenvalue weighted by Crippen LogP contribution is 2.56. The van der Waals surface area contributed by atoms with Crippen molar-refractivity contribution in [1.29, 1.82) is 0 Å². The SMILES string of the molecule is Cc1cc(Br)cn2nc(C34CC(NC(=O)OC(C)(C)C)(CO3)C4)nc12. The first-order chi connectivity index (χ1) is 11.6. The van der Waals surface area contributed by atoms with Crippen molar-refractivity contribution in [2.45, 2.75) is 57.3 Å². The van der Waals surface area contributed by atoms with Crippen molar-refractivity contribution in [1.82, 2.24) is 19.9 Å². The molecule has 0 aromatic carbocycles. The molecule has 2 aromatic heterocycles. The highest BCUT2D eigenvalue weighted by atomic mass is 79.9. The Hall–Kier alpha value is -1.67. The van der Waals surface area contributed by atoms with Crippen LogP contribution in [0.1, 0.15) is 45.0 Å². The van der Waals surface area contributed by atoms with E-state index in [1.165, 1.54) is 0 Å². The number of alkyl carbamates (subject to hydrolysis) is 1. The molecule has 1 saturated carbocycles. The second kappa shape index (κ2) is 5.17. The van der Waals surface area contributed by atoms with Crippen LogP contribution < -0.4 is 5.32 Å². The predicted molar refractivity (Wildman–Crippen MR) is 94.4 cm³/mol. The number of rotatable bonds is 2. The van der Waals surface area contributed by atoms with Crippen LogP contribution in [0, 0.1) is 6.92 Å². The zero-order valence-corrected chi connectivity index (χ0v) is 16.3. The fourth-order valence-electron chi connectivity index (χ4n) is 3.69. The van der Waals surface area contributed by atoms with E-state index >= 15 is 0 Å². The molecule has 1 aliphatic carbocycles. The maximum Gasteiger partial charge on any atom is 0.408 e. The molecule has 3 aliphatic rings. The minimum atomic E-state index is -0.519. The molecule has 1 amide bonds. The number of halogens is 1. The number of aromatic nitrogens is 3. The number of ether oxygens (including phenoxy) is 2. The fourth-order valence-corrected chi connectivity index (χ4v) is 4.23. The van der Waals surface area contributed by atoms with Crippen LogP contribution in [0.25, 0.3) is 5.65 Å². The summed E-state index contributed by atoms with van der Waals surface area (Å²) in [5.74, 6) is 0.674. The van der Waals surface area contributed by atoms with Gasteiger partial charge in [0.2, 0.25) is 0 Å². The number of aryl methyl sites for hydroxylation is 1. The minimum absolute atomic E-state index is 0.380. The highest BCUT2D eigenvalue weighted by Gasteiger charge is 2.66. The number of carbonyl (C=O) groups excluding carboxylic acids is 1. The average molecular weight is 409 g/mol. The molecule has 0 unspecified atom stereocenters. The van der Waals surface area contributed by atoms with Gasteiger partial charge in [-0.25, -0.2) is 14.3 Å². The first-order valence-corrected chi connectivity index (χ1v) is 9.07. The normalized spacial score (nSPS) is 28.0. The van der Waals surface area contributed by atoms with Crippen LogP contribution in [0.5, 0.6) is 0 Å². The van der Waals surface area contributed by atoms with Crippen molar-refractivity contribution in [3.8, 4) is 0 Å². The third-order valence-electron chi connectivity index (χ3n) is 4.63. The van der Waals surface area contributed by atoms with Gasteiger partial charge in [-0.1, -0.05) is 0 Å². The Bertz CT molecular complexity index is 865. The monoisotopic (exact) mass is 408 g/mol. The molecule has 5 rings (SSSR count). The lowest BCUT2D eigenvalue weighted by molar-refractivity contribution is -0.0208. The average Bonchev–Trinajstić information content (AvgIpc) is 3.06. The number of amides is 1. The van der Waals surface area contributed by atoms with Gasteiger partial charge in [0.05, 0.1) is 12.1 Å². The molecule has 7 nitrogen and oxygen atoms in total. The van der Waals surface area contributed by atoms with E-state index in [1.54, 1.807) is 4.52 Å². The summed E-state index contributed by atoms with van der Waals surface area (Å²) in [4.78, 5) is 16.8. The van der Waals surface area contributed by atoms with E-state index in [-0.39, 0.29) is 5.54 Å². The number of carbonyl (C=O) groups is 1. The van der Waals surface area contributed by atoms with Crippen LogP contribution in [0.2, 0.25) is 0 Å². The lowest BCUT2D eigenvalue weighted by Gasteiger charge is -2.43. The Kier molecular flexibility index (Phi) is 3.47. The summed E-state index contributed by atoms with van der Waals surface area (Å²) in [6, 6.07) is 2.01. The zero-order valence-electron chi connectivity index (χ0n) is 14.7. The summed E-state index contributed by atoms with van der Waals surface area (Å²) in [5, 5.41) is 7.57. The largest absolute Gasteiger partial charge is 0.444 e.